The number of amides is 1. The van der Waals surface area contributed by atoms with Crippen molar-refractivity contribution >= 4 is 11.6 Å². The number of nitrogens with one attached hydrogen (secondary N) is 1. The van der Waals surface area contributed by atoms with Crippen molar-refractivity contribution in [1.29, 1.82) is 0 Å². The molecule has 4 heteroatoms. The fraction of sp³-hybridized carbons (Fsp3) is 0.368. The van der Waals surface area contributed by atoms with E-state index >= 15 is 0 Å². The highest BCUT2D eigenvalue weighted by Gasteiger charge is 2.10. The maximum Gasteiger partial charge on any atom is 0.269 e. The Morgan fingerprint density at radius 3 is 2.65 bits per heavy atom. The van der Waals surface area contributed by atoms with E-state index in [0.717, 1.165) is 18.7 Å². The molecule has 1 heterocycles. The second kappa shape index (κ2) is 8.32. The molecular weight excluding hydrogens is 286 g/mol. The van der Waals surface area contributed by atoms with E-state index in [1.165, 1.54) is 5.56 Å². The van der Waals surface area contributed by atoms with Crippen molar-refractivity contribution in [2.45, 2.75) is 26.8 Å². The molecule has 0 aliphatic rings. The monoisotopic (exact) mass is 311 g/mol. The summed E-state index contributed by atoms with van der Waals surface area (Å²) in [6.07, 6.45) is 2.66. The van der Waals surface area contributed by atoms with Crippen LogP contribution in [0.3, 0.4) is 0 Å². The van der Waals surface area contributed by atoms with Crippen LogP contribution in [0.2, 0.25) is 0 Å². The molecule has 0 atom stereocenters. The van der Waals surface area contributed by atoms with Gasteiger partial charge in [0, 0.05) is 32.0 Å². The van der Waals surface area contributed by atoms with Crippen molar-refractivity contribution in [3.05, 3.63) is 59.9 Å². The lowest BCUT2D eigenvalue weighted by Gasteiger charge is -2.19. The Bertz CT molecular complexity index is 626. The first-order valence-electron chi connectivity index (χ1n) is 8.05. The Kier molecular flexibility index (Phi) is 6.15. The van der Waals surface area contributed by atoms with Crippen molar-refractivity contribution in [3.63, 3.8) is 0 Å². The predicted octanol–water partition coefficient (Wildman–Crippen LogP) is 3.49. The van der Waals surface area contributed by atoms with Crippen LogP contribution >= 0.6 is 0 Å². The molecule has 2 aromatic rings. The molecule has 4 nitrogen and oxygen atoms in total. The van der Waals surface area contributed by atoms with Gasteiger partial charge >= 0.3 is 0 Å². The van der Waals surface area contributed by atoms with Crippen LogP contribution in [0.25, 0.3) is 0 Å². The fourth-order valence-electron chi connectivity index (χ4n) is 2.29. The van der Waals surface area contributed by atoms with Crippen molar-refractivity contribution in [2.75, 3.05) is 18.5 Å². The Hall–Kier alpha value is -2.36. The molecule has 1 N–H and O–H groups in total. The van der Waals surface area contributed by atoms with Crippen molar-refractivity contribution in [1.82, 2.24) is 10.3 Å². The van der Waals surface area contributed by atoms with Crippen molar-refractivity contribution < 1.29 is 4.79 Å². The summed E-state index contributed by atoms with van der Waals surface area (Å²) >= 11 is 0. The second-order valence-corrected chi connectivity index (χ2v) is 6.18. The zero-order chi connectivity index (χ0) is 16.7. The molecule has 0 spiro atoms. The van der Waals surface area contributed by atoms with Gasteiger partial charge in [0.15, 0.2) is 0 Å². The first-order chi connectivity index (χ1) is 11.1. The number of benzene rings is 1. The zero-order valence-corrected chi connectivity index (χ0v) is 14.1. The molecule has 122 valence electrons. The van der Waals surface area contributed by atoms with Gasteiger partial charge in [0.2, 0.25) is 0 Å². The number of hydrogen-bond donors (Lipinski definition) is 1. The average Bonchev–Trinajstić information content (AvgIpc) is 2.55. The number of rotatable bonds is 7. The Balaban J connectivity index is 1.99. The molecule has 23 heavy (non-hydrogen) atoms. The topological polar surface area (TPSA) is 45.2 Å². The van der Waals surface area contributed by atoms with Gasteiger partial charge in [0.1, 0.15) is 5.69 Å². The minimum atomic E-state index is -0.111. The average molecular weight is 311 g/mol. The van der Waals surface area contributed by atoms with Gasteiger partial charge in [0.25, 0.3) is 5.91 Å². The maximum atomic E-state index is 12.2. The summed E-state index contributed by atoms with van der Waals surface area (Å²) in [6.45, 7) is 5.76. The first-order valence-corrected chi connectivity index (χ1v) is 8.05. The van der Waals surface area contributed by atoms with Gasteiger partial charge in [-0.15, -0.1) is 0 Å². The minimum absolute atomic E-state index is 0.111. The minimum Gasteiger partial charge on any atom is -0.370 e. The van der Waals surface area contributed by atoms with Gasteiger partial charge in [-0.2, -0.15) is 0 Å². The number of hydrogen-bond acceptors (Lipinski definition) is 3. The molecule has 0 saturated carbocycles. The highest BCUT2D eigenvalue weighted by molar-refractivity contribution is 5.93. The largest absolute Gasteiger partial charge is 0.370 e. The number of pyridine rings is 1. The molecule has 0 bridgehead atoms. The van der Waals surface area contributed by atoms with Crippen LogP contribution in [0.1, 0.15) is 36.3 Å². The smallest absolute Gasteiger partial charge is 0.269 e. The summed E-state index contributed by atoms with van der Waals surface area (Å²) < 4.78 is 0. The third-order valence-corrected chi connectivity index (χ3v) is 3.69. The van der Waals surface area contributed by atoms with Crippen LogP contribution in [0.15, 0.2) is 48.7 Å². The van der Waals surface area contributed by atoms with E-state index < -0.39 is 0 Å². The molecule has 1 aromatic carbocycles. The zero-order valence-electron chi connectivity index (χ0n) is 14.1. The summed E-state index contributed by atoms with van der Waals surface area (Å²) in [7, 11) is 2.02. The highest BCUT2D eigenvalue weighted by Crippen LogP contribution is 2.16. The van der Waals surface area contributed by atoms with E-state index in [0.29, 0.717) is 18.2 Å². The van der Waals surface area contributed by atoms with Crippen LogP contribution in [-0.4, -0.2) is 24.5 Å². The number of aromatic nitrogens is 1. The maximum absolute atomic E-state index is 12.2. The quantitative estimate of drug-likeness (QED) is 0.851. The van der Waals surface area contributed by atoms with Gasteiger partial charge in [-0.05, 0) is 30.0 Å². The lowest BCUT2D eigenvalue weighted by Crippen LogP contribution is -2.26. The summed E-state index contributed by atoms with van der Waals surface area (Å²) in [5.74, 6) is 0.465. The van der Waals surface area contributed by atoms with E-state index in [1.54, 1.807) is 6.20 Å². The van der Waals surface area contributed by atoms with Gasteiger partial charge in [-0.25, -0.2) is 0 Å². The molecule has 0 radical (unpaired) electrons. The molecule has 1 aromatic heterocycles. The number of anilines is 1. The van der Waals surface area contributed by atoms with E-state index in [4.69, 9.17) is 0 Å². The van der Waals surface area contributed by atoms with Crippen LogP contribution in [0.4, 0.5) is 5.69 Å². The normalized spacial score (nSPS) is 10.6. The number of nitrogens with zero attached hydrogens (tertiary/aromatic N) is 2. The molecule has 1 amide bonds. The molecular formula is C19H25N3O. The van der Waals surface area contributed by atoms with Gasteiger partial charge < -0.3 is 10.2 Å². The van der Waals surface area contributed by atoms with Gasteiger partial charge in [0.05, 0.1) is 0 Å². The molecule has 0 unspecified atom stereocenters. The Morgan fingerprint density at radius 1 is 1.22 bits per heavy atom. The third-order valence-electron chi connectivity index (χ3n) is 3.69. The molecule has 0 fully saturated rings. The second-order valence-electron chi connectivity index (χ2n) is 6.18. The lowest BCUT2D eigenvalue weighted by atomic mass is 10.1. The highest BCUT2D eigenvalue weighted by atomic mass is 16.1. The Labute approximate surface area is 138 Å². The third kappa shape index (κ3) is 5.40. The van der Waals surface area contributed by atoms with Gasteiger partial charge in [-0.1, -0.05) is 44.2 Å². The van der Waals surface area contributed by atoms with E-state index in [-0.39, 0.29) is 5.91 Å². The van der Waals surface area contributed by atoms with E-state index in [1.807, 2.05) is 37.4 Å². The lowest BCUT2D eigenvalue weighted by molar-refractivity contribution is 0.0947. The first kappa shape index (κ1) is 17.0. The summed E-state index contributed by atoms with van der Waals surface area (Å²) in [6, 6.07) is 14.0. The van der Waals surface area contributed by atoms with Crippen LogP contribution in [-0.2, 0) is 6.54 Å². The molecule has 2 rings (SSSR count). The predicted molar refractivity (Wildman–Crippen MR) is 94.6 cm³/mol. The summed E-state index contributed by atoms with van der Waals surface area (Å²) in [5, 5.41) is 2.93. The van der Waals surface area contributed by atoms with Crippen molar-refractivity contribution in [3.8, 4) is 0 Å². The van der Waals surface area contributed by atoms with E-state index in [9.17, 15) is 4.79 Å². The van der Waals surface area contributed by atoms with Crippen molar-refractivity contribution in [2.24, 2.45) is 5.92 Å². The fourth-order valence-corrected chi connectivity index (χ4v) is 2.29. The molecule has 0 aliphatic carbocycles. The Morgan fingerprint density at radius 2 is 1.96 bits per heavy atom. The SMILES string of the molecule is CC(C)CCNC(=O)c1cc(N(C)Cc2ccccc2)ccn1. The van der Waals surface area contributed by atoms with Gasteiger partial charge in [-0.3, -0.25) is 9.78 Å². The number of carbonyl (C=O) groups excluding carboxylic acids is 1. The molecule has 0 saturated heterocycles. The summed E-state index contributed by atoms with van der Waals surface area (Å²) in [5.41, 5.74) is 2.68. The van der Waals surface area contributed by atoms with Crippen LogP contribution in [0, 0.1) is 5.92 Å². The van der Waals surface area contributed by atoms with Crippen LogP contribution in [0.5, 0.6) is 0 Å². The molecule has 0 aliphatic heterocycles. The summed E-state index contributed by atoms with van der Waals surface area (Å²) in [4.78, 5) is 18.5. The standard InChI is InChI=1S/C19H25N3O/c1-15(2)9-11-21-19(23)18-13-17(10-12-20-18)22(3)14-16-7-5-4-6-8-16/h4-8,10,12-13,15H,9,11,14H2,1-3H3,(H,21,23). The van der Waals surface area contributed by atoms with E-state index in [2.05, 4.69) is 41.2 Å². The van der Waals surface area contributed by atoms with Crippen LogP contribution < -0.4 is 10.2 Å². The number of carbonyl (C=O) groups is 1.